The van der Waals surface area contributed by atoms with Gasteiger partial charge in [0.1, 0.15) is 0 Å². The van der Waals surface area contributed by atoms with Crippen molar-refractivity contribution in [1.29, 1.82) is 0 Å². The normalized spacial score (nSPS) is 10.7. The van der Waals surface area contributed by atoms with Gasteiger partial charge in [-0.3, -0.25) is 14.4 Å². The molecule has 0 atom stereocenters. The Bertz CT molecular complexity index is 643. The molecular weight excluding hydrogens is 600 g/mol. The monoisotopic (exact) mass is 683 g/mol. The average molecular weight is 683 g/mol. The highest BCUT2D eigenvalue weighted by Gasteiger charge is 1.98. The summed E-state index contributed by atoms with van der Waals surface area (Å²) in [5.41, 5.74) is 0. The topological polar surface area (TPSA) is 112 Å². The summed E-state index contributed by atoms with van der Waals surface area (Å²) < 4.78 is 0. The molecule has 0 aliphatic heterocycles. The third-order valence-electron chi connectivity index (χ3n) is 8.64. The van der Waals surface area contributed by atoms with Gasteiger partial charge in [-0.2, -0.15) is 0 Å². The van der Waals surface area contributed by atoms with Crippen LogP contribution in [-0.4, -0.2) is 33.2 Å². The van der Waals surface area contributed by atoms with E-state index in [9.17, 15) is 14.4 Å². The summed E-state index contributed by atoms with van der Waals surface area (Å²) in [5.74, 6) is -1.98. The van der Waals surface area contributed by atoms with Crippen molar-refractivity contribution in [2.45, 2.75) is 239 Å². The van der Waals surface area contributed by atoms with Gasteiger partial charge < -0.3 is 15.3 Å². The maximum absolute atomic E-state index is 10.3. The van der Waals surface area contributed by atoms with Crippen molar-refractivity contribution in [3.8, 4) is 0 Å². The largest absolute Gasteiger partial charge is 0.481 e. The lowest BCUT2D eigenvalue weighted by atomic mass is 10.1. The summed E-state index contributed by atoms with van der Waals surface area (Å²) >= 11 is 0. The van der Waals surface area contributed by atoms with E-state index in [1.54, 1.807) is 0 Å². The van der Waals surface area contributed by atoms with E-state index in [0.717, 1.165) is 38.5 Å². The number of carboxylic acids is 3. The van der Waals surface area contributed by atoms with Gasteiger partial charge in [-0.1, -0.05) is 187 Å². The number of carboxylic acid groups (broad SMARTS) is 3. The van der Waals surface area contributed by atoms with Crippen LogP contribution in [0.2, 0.25) is 0 Å². The van der Waals surface area contributed by atoms with Crippen LogP contribution in [-0.2, 0) is 14.4 Å². The van der Waals surface area contributed by atoms with E-state index in [4.69, 9.17) is 15.3 Å². The van der Waals surface area contributed by atoms with Gasteiger partial charge in [0.15, 0.2) is 0 Å². The first-order valence-corrected chi connectivity index (χ1v) is 20.6. The molecule has 0 amide bonds. The number of hydrogen-bond donors (Lipinski definition) is 3. The average Bonchev–Trinajstić information content (AvgIpc) is 3.05. The lowest BCUT2D eigenvalue weighted by molar-refractivity contribution is -0.138. The molecule has 0 aromatic heterocycles. The highest BCUT2D eigenvalue weighted by atomic mass is 16.4. The highest BCUT2D eigenvalue weighted by molar-refractivity contribution is 5.67. The van der Waals surface area contributed by atoms with E-state index in [1.165, 1.54) is 161 Å². The van der Waals surface area contributed by atoms with E-state index in [0.29, 0.717) is 19.3 Å². The minimum Gasteiger partial charge on any atom is -0.481 e. The van der Waals surface area contributed by atoms with Gasteiger partial charge in [-0.05, 0) is 44.9 Å². The lowest BCUT2D eigenvalue weighted by Gasteiger charge is -2.00. The molecule has 48 heavy (non-hydrogen) atoms. The second kappa shape index (κ2) is 47.3. The molecular formula is C42H82O6. The molecule has 3 N–H and O–H groups in total. The number of carbonyl (C=O) groups is 3. The molecule has 0 aliphatic carbocycles. The Morgan fingerprint density at radius 3 is 0.708 bits per heavy atom. The minimum atomic E-state index is -0.664. The molecule has 0 heterocycles. The number of aliphatic carboxylic acids is 3. The van der Waals surface area contributed by atoms with E-state index >= 15 is 0 Å². The van der Waals surface area contributed by atoms with Gasteiger partial charge in [-0.25, -0.2) is 0 Å². The molecule has 0 fully saturated rings. The summed E-state index contributed by atoms with van der Waals surface area (Å²) in [6.07, 6.45) is 44.2. The van der Waals surface area contributed by atoms with Crippen molar-refractivity contribution in [3.05, 3.63) is 12.2 Å². The highest BCUT2D eigenvalue weighted by Crippen LogP contribution is 2.12. The smallest absolute Gasteiger partial charge is 0.303 e. The number of hydrogen-bond acceptors (Lipinski definition) is 3. The molecule has 0 spiro atoms. The van der Waals surface area contributed by atoms with Crippen LogP contribution >= 0.6 is 0 Å². The summed E-state index contributed by atoms with van der Waals surface area (Å²) in [6, 6.07) is 0. The quantitative estimate of drug-likeness (QED) is 0.0453. The second-order valence-corrected chi connectivity index (χ2v) is 13.7. The maximum Gasteiger partial charge on any atom is 0.303 e. The van der Waals surface area contributed by atoms with E-state index in [-0.39, 0.29) is 0 Å². The van der Waals surface area contributed by atoms with Gasteiger partial charge in [0.25, 0.3) is 0 Å². The van der Waals surface area contributed by atoms with Gasteiger partial charge >= 0.3 is 17.9 Å². The lowest BCUT2D eigenvalue weighted by Crippen LogP contribution is -1.93. The van der Waals surface area contributed by atoms with Crippen molar-refractivity contribution < 1.29 is 29.7 Å². The standard InChI is InChI=1S/C18H34O2.2C12H24O2/c1-2-3-4-5-6-7-8-9-10-11-12-13-14-15-16-17-18(19)20;2*1-2-3-4-5-6-7-8-9-10-11-12(13)14/h9-10H,2-8,11-17H2,1H3,(H,19,20);2*2-11H2,1H3,(H,13,14)/b10-9-;;. The van der Waals surface area contributed by atoms with Crippen LogP contribution in [0, 0.1) is 0 Å². The fraction of sp³-hybridized carbons (Fsp3) is 0.881. The van der Waals surface area contributed by atoms with Gasteiger partial charge in [-0.15, -0.1) is 0 Å². The van der Waals surface area contributed by atoms with Gasteiger partial charge in [0, 0.05) is 19.3 Å². The second-order valence-electron chi connectivity index (χ2n) is 13.7. The first kappa shape index (κ1) is 50.5. The molecule has 6 heteroatoms. The third kappa shape index (κ3) is 59.6. The van der Waals surface area contributed by atoms with Crippen LogP contribution in [0.25, 0.3) is 0 Å². The van der Waals surface area contributed by atoms with Crippen LogP contribution in [0.4, 0.5) is 0 Å². The zero-order valence-corrected chi connectivity index (χ0v) is 32.3. The van der Waals surface area contributed by atoms with Gasteiger partial charge in [0.2, 0.25) is 0 Å². The van der Waals surface area contributed by atoms with Crippen LogP contribution in [0.3, 0.4) is 0 Å². The Kier molecular flexibility index (Phi) is 49.8. The molecule has 0 aromatic carbocycles. The zero-order chi connectivity index (χ0) is 36.2. The minimum absolute atomic E-state index is 0.332. The predicted molar refractivity (Wildman–Crippen MR) is 206 cm³/mol. The zero-order valence-electron chi connectivity index (χ0n) is 32.3. The molecule has 0 unspecified atom stereocenters. The number of unbranched alkanes of at least 4 members (excludes halogenated alkanes) is 27. The maximum atomic E-state index is 10.3. The summed E-state index contributed by atoms with van der Waals surface area (Å²) in [4.78, 5) is 30.7. The van der Waals surface area contributed by atoms with E-state index < -0.39 is 17.9 Å². The van der Waals surface area contributed by atoms with E-state index in [1.807, 2.05) is 0 Å². The molecule has 0 saturated heterocycles. The Hall–Kier alpha value is -1.85. The van der Waals surface area contributed by atoms with Crippen LogP contribution in [0.15, 0.2) is 12.2 Å². The van der Waals surface area contributed by atoms with Crippen LogP contribution < -0.4 is 0 Å². The molecule has 0 bridgehead atoms. The predicted octanol–water partition coefficient (Wildman–Crippen LogP) is 14.1. The Balaban J connectivity index is -0.000000649. The Morgan fingerprint density at radius 1 is 0.312 bits per heavy atom. The fourth-order valence-electron chi connectivity index (χ4n) is 5.52. The molecule has 0 radical (unpaired) electrons. The first-order valence-electron chi connectivity index (χ1n) is 20.6. The molecule has 0 rings (SSSR count). The molecule has 6 nitrogen and oxygen atoms in total. The first-order chi connectivity index (χ1) is 23.3. The third-order valence-corrected chi connectivity index (χ3v) is 8.64. The Morgan fingerprint density at radius 2 is 0.500 bits per heavy atom. The van der Waals surface area contributed by atoms with Crippen molar-refractivity contribution in [1.82, 2.24) is 0 Å². The van der Waals surface area contributed by atoms with Crippen LogP contribution in [0.1, 0.15) is 239 Å². The van der Waals surface area contributed by atoms with Gasteiger partial charge in [0.05, 0.1) is 0 Å². The number of rotatable bonds is 35. The molecule has 0 saturated carbocycles. The molecule has 0 aliphatic rings. The van der Waals surface area contributed by atoms with E-state index in [2.05, 4.69) is 32.9 Å². The molecule has 286 valence electrons. The summed E-state index contributed by atoms with van der Waals surface area (Å²) in [7, 11) is 0. The Labute approximate surface area is 298 Å². The van der Waals surface area contributed by atoms with Crippen molar-refractivity contribution in [2.75, 3.05) is 0 Å². The summed E-state index contributed by atoms with van der Waals surface area (Å²) in [6.45, 7) is 6.71. The molecule has 0 aromatic rings. The van der Waals surface area contributed by atoms with Crippen molar-refractivity contribution in [2.24, 2.45) is 0 Å². The SMILES string of the molecule is CCCCCCCC/C=C\CCCCCCCC(=O)O.CCCCCCCCCCCC(=O)O.CCCCCCCCCCCC(=O)O. The fourth-order valence-corrected chi connectivity index (χ4v) is 5.52. The van der Waals surface area contributed by atoms with Crippen molar-refractivity contribution >= 4 is 17.9 Å². The number of allylic oxidation sites excluding steroid dienone is 2. The van der Waals surface area contributed by atoms with Crippen molar-refractivity contribution in [3.63, 3.8) is 0 Å². The summed E-state index contributed by atoms with van der Waals surface area (Å²) in [5, 5.41) is 25.3. The van der Waals surface area contributed by atoms with Crippen LogP contribution in [0.5, 0.6) is 0 Å².